The van der Waals surface area contributed by atoms with Crippen LogP contribution in [-0.4, -0.2) is 46.7 Å². The molecule has 0 saturated carbocycles. The normalized spacial score (nSPS) is 23.9. The molecule has 2 atom stereocenters. The number of morpholine rings is 1. The summed E-state index contributed by atoms with van der Waals surface area (Å²) >= 11 is 0. The van der Waals surface area contributed by atoms with Crippen LogP contribution in [0.5, 0.6) is 0 Å². The molecule has 0 bridgehead atoms. The third-order valence-corrected chi connectivity index (χ3v) is 5.03. The van der Waals surface area contributed by atoms with Gasteiger partial charge in [0.25, 0.3) is 5.56 Å². The summed E-state index contributed by atoms with van der Waals surface area (Å²) in [6.45, 7) is 9.76. The molecule has 2 aromatic rings. The Kier molecular flexibility index (Phi) is 4.58. The third kappa shape index (κ3) is 3.54. The number of nitrogens with zero attached hydrogens (tertiary/aromatic N) is 3. The minimum Gasteiger partial charge on any atom is -0.465 e. The van der Waals surface area contributed by atoms with Crippen LogP contribution in [0.4, 0.5) is 5.95 Å². The maximum atomic E-state index is 12.6. The van der Waals surface area contributed by atoms with E-state index >= 15 is 0 Å². The fourth-order valence-electron chi connectivity index (χ4n) is 3.91. The average Bonchev–Trinajstić information content (AvgIpc) is 2.98. The van der Waals surface area contributed by atoms with Gasteiger partial charge in [-0.05, 0) is 39.3 Å². The minimum atomic E-state index is -0.00899. The molecule has 1 N–H and O–H groups in total. The maximum Gasteiger partial charge on any atom is 0.255 e. The summed E-state index contributed by atoms with van der Waals surface area (Å²) in [6.07, 6.45) is 0.964. The van der Waals surface area contributed by atoms with Crippen molar-refractivity contribution in [1.29, 1.82) is 0 Å². The van der Waals surface area contributed by atoms with Crippen LogP contribution >= 0.6 is 0 Å². The lowest BCUT2D eigenvalue weighted by molar-refractivity contribution is -0.00576. The van der Waals surface area contributed by atoms with Crippen LogP contribution < -0.4 is 10.5 Å². The fraction of sp³-hybridized carbons (Fsp3) is 0.579. The summed E-state index contributed by atoms with van der Waals surface area (Å²) in [5.74, 6) is 2.53. The lowest BCUT2D eigenvalue weighted by Gasteiger charge is -2.36. The standard InChI is InChI=1S/C19H26N4O3/c1-12-4-5-15(26-12)10-22-7-6-16-17(11-22)20-19(21-18(16)24)23-8-13(2)25-14(3)9-23/h4-5,13-14H,6-11H2,1-3H3,(H,20,21,24). The van der Waals surface area contributed by atoms with E-state index in [1.807, 2.05) is 32.9 Å². The maximum absolute atomic E-state index is 12.6. The molecule has 4 rings (SSSR count). The Hall–Kier alpha value is -2.12. The van der Waals surface area contributed by atoms with Gasteiger partial charge in [-0.15, -0.1) is 0 Å². The molecule has 1 fully saturated rings. The van der Waals surface area contributed by atoms with E-state index < -0.39 is 0 Å². The molecule has 0 amide bonds. The number of aromatic nitrogens is 2. The van der Waals surface area contributed by atoms with Crippen LogP contribution in [0.1, 0.15) is 36.6 Å². The molecule has 4 heterocycles. The molecule has 2 aromatic heterocycles. The zero-order valence-corrected chi connectivity index (χ0v) is 15.6. The van der Waals surface area contributed by atoms with E-state index in [2.05, 4.69) is 14.8 Å². The topological polar surface area (TPSA) is 74.6 Å². The highest BCUT2D eigenvalue weighted by molar-refractivity contribution is 5.35. The van der Waals surface area contributed by atoms with Gasteiger partial charge in [0, 0.05) is 31.7 Å². The first-order chi connectivity index (χ1) is 12.5. The largest absolute Gasteiger partial charge is 0.465 e. The Balaban J connectivity index is 1.55. The van der Waals surface area contributed by atoms with Crippen molar-refractivity contribution in [3.8, 4) is 0 Å². The van der Waals surface area contributed by atoms with Gasteiger partial charge < -0.3 is 14.1 Å². The lowest BCUT2D eigenvalue weighted by Crippen LogP contribution is -2.47. The number of furan rings is 1. The van der Waals surface area contributed by atoms with Crippen molar-refractivity contribution in [3.63, 3.8) is 0 Å². The highest BCUT2D eigenvalue weighted by Gasteiger charge is 2.27. The summed E-state index contributed by atoms with van der Waals surface area (Å²) < 4.78 is 11.5. The average molecular weight is 358 g/mol. The SMILES string of the molecule is Cc1ccc(CN2CCc3c(nc(N4CC(C)OC(C)C4)[nH]c3=O)C2)o1. The molecule has 140 valence electrons. The molecule has 0 radical (unpaired) electrons. The number of rotatable bonds is 3. The number of aryl methyl sites for hydroxylation is 1. The van der Waals surface area contributed by atoms with Gasteiger partial charge >= 0.3 is 0 Å². The quantitative estimate of drug-likeness (QED) is 0.902. The molecule has 2 aliphatic heterocycles. The molecular weight excluding hydrogens is 332 g/mol. The first kappa shape index (κ1) is 17.3. The van der Waals surface area contributed by atoms with Crippen molar-refractivity contribution in [2.75, 3.05) is 24.5 Å². The first-order valence-electron chi connectivity index (χ1n) is 9.28. The van der Waals surface area contributed by atoms with E-state index in [1.165, 1.54) is 0 Å². The van der Waals surface area contributed by atoms with Crippen molar-refractivity contribution in [1.82, 2.24) is 14.9 Å². The number of fused-ring (bicyclic) bond motifs is 1. The second-order valence-electron chi connectivity index (χ2n) is 7.45. The minimum absolute atomic E-state index is 0.00899. The molecule has 26 heavy (non-hydrogen) atoms. The zero-order valence-electron chi connectivity index (χ0n) is 15.6. The molecular formula is C19H26N4O3. The van der Waals surface area contributed by atoms with Crippen LogP contribution in [0, 0.1) is 6.92 Å². The van der Waals surface area contributed by atoms with Crippen molar-refractivity contribution in [3.05, 3.63) is 45.3 Å². The number of hydrogen-bond acceptors (Lipinski definition) is 6. The lowest BCUT2D eigenvalue weighted by atomic mass is 10.1. The van der Waals surface area contributed by atoms with E-state index in [4.69, 9.17) is 14.1 Å². The monoisotopic (exact) mass is 358 g/mol. The number of hydrogen-bond donors (Lipinski definition) is 1. The Morgan fingerprint density at radius 1 is 1.27 bits per heavy atom. The molecule has 1 saturated heterocycles. The summed E-state index contributed by atoms with van der Waals surface area (Å²) in [5.41, 5.74) is 1.69. The number of aromatic amines is 1. The summed E-state index contributed by atoms with van der Waals surface area (Å²) in [5, 5.41) is 0. The molecule has 0 aliphatic carbocycles. The molecule has 0 spiro atoms. The second-order valence-corrected chi connectivity index (χ2v) is 7.45. The fourth-order valence-corrected chi connectivity index (χ4v) is 3.91. The summed E-state index contributed by atoms with van der Waals surface area (Å²) in [4.78, 5) is 24.8. The third-order valence-electron chi connectivity index (χ3n) is 5.03. The molecule has 7 heteroatoms. The summed E-state index contributed by atoms with van der Waals surface area (Å²) in [7, 11) is 0. The Morgan fingerprint density at radius 2 is 2.04 bits per heavy atom. The number of H-pyrrole nitrogens is 1. The smallest absolute Gasteiger partial charge is 0.255 e. The first-order valence-corrected chi connectivity index (χ1v) is 9.28. The van der Waals surface area contributed by atoms with Crippen LogP contribution in [0.2, 0.25) is 0 Å². The number of anilines is 1. The van der Waals surface area contributed by atoms with E-state index in [1.54, 1.807) is 0 Å². The second kappa shape index (κ2) is 6.89. The Bertz CT molecular complexity index is 834. The highest BCUT2D eigenvalue weighted by atomic mass is 16.5. The van der Waals surface area contributed by atoms with Crippen molar-refractivity contribution in [2.24, 2.45) is 0 Å². The molecule has 2 unspecified atom stereocenters. The van der Waals surface area contributed by atoms with Gasteiger partial charge in [-0.2, -0.15) is 0 Å². The molecule has 0 aromatic carbocycles. The predicted octanol–water partition coefficient (Wildman–Crippen LogP) is 1.84. The molecule has 2 aliphatic rings. The van der Waals surface area contributed by atoms with Gasteiger partial charge in [-0.3, -0.25) is 14.7 Å². The van der Waals surface area contributed by atoms with E-state index in [-0.39, 0.29) is 17.8 Å². The van der Waals surface area contributed by atoms with Gasteiger partial charge in [0.05, 0.1) is 24.4 Å². The van der Waals surface area contributed by atoms with E-state index in [0.717, 1.165) is 49.0 Å². The van der Waals surface area contributed by atoms with Gasteiger partial charge in [0.1, 0.15) is 11.5 Å². The number of nitrogens with one attached hydrogen (secondary N) is 1. The Morgan fingerprint density at radius 3 is 2.73 bits per heavy atom. The van der Waals surface area contributed by atoms with Crippen molar-refractivity contribution < 1.29 is 9.15 Å². The van der Waals surface area contributed by atoms with Crippen molar-refractivity contribution in [2.45, 2.75) is 52.5 Å². The van der Waals surface area contributed by atoms with Gasteiger partial charge in [0.2, 0.25) is 5.95 Å². The molecule has 7 nitrogen and oxygen atoms in total. The highest BCUT2D eigenvalue weighted by Crippen LogP contribution is 2.21. The Labute approximate surface area is 153 Å². The zero-order chi connectivity index (χ0) is 18.3. The van der Waals surface area contributed by atoms with Gasteiger partial charge in [-0.1, -0.05) is 0 Å². The van der Waals surface area contributed by atoms with E-state index in [9.17, 15) is 4.79 Å². The van der Waals surface area contributed by atoms with Crippen LogP contribution in [0.3, 0.4) is 0 Å². The van der Waals surface area contributed by atoms with Crippen LogP contribution in [0.15, 0.2) is 21.3 Å². The van der Waals surface area contributed by atoms with Crippen LogP contribution in [-0.2, 0) is 24.2 Å². The van der Waals surface area contributed by atoms with Crippen molar-refractivity contribution >= 4 is 5.95 Å². The van der Waals surface area contributed by atoms with E-state index in [0.29, 0.717) is 18.9 Å². The number of ether oxygens (including phenoxy) is 1. The summed E-state index contributed by atoms with van der Waals surface area (Å²) in [6, 6.07) is 3.99. The van der Waals surface area contributed by atoms with Gasteiger partial charge in [0.15, 0.2) is 0 Å². The van der Waals surface area contributed by atoms with Gasteiger partial charge in [-0.25, -0.2) is 4.98 Å². The van der Waals surface area contributed by atoms with Crippen LogP contribution in [0.25, 0.3) is 0 Å². The predicted molar refractivity (Wildman–Crippen MR) is 98.3 cm³/mol.